The van der Waals surface area contributed by atoms with E-state index < -0.39 is 20.8 Å². The van der Waals surface area contributed by atoms with Crippen LogP contribution in [0.2, 0.25) is 0 Å². The Bertz CT molecular complexity index is 622. The molecule has 4 nitrogen and oxygen atoms in total. The molecule has 2 rings (SSSR count). The Balaban J connectivity index is 0.00000128. The Morgan fingerprint density at radius 2 is 1.69 bits per heavy atom. The van der Waals surface area contributed by atoms with Crippen molar-refractivity contribution in [3.05, 3.63) is 36.4 Å². The standard InChI is InChI=1S/C10H8O4S.K/c11-10-8-4-2-1-3-7(8)5-6-9(10)15(12,13)14;/h1-6,11H,(H,12,13,14);/q;+1/p-1. The van der Waals surface area contributed by atoms with Gasteiger partial charge in [0, 0.05) is 5.39 Å². The predicted molar refractivity (Wildman–Crippen MR) is 53.6 cm³/mol. The third-order valence-corrected chi connectivity index (χ3v) is 3.00. The molecule has 0 aromatic heterocycles. The van der Waals surface area contributed by atoms with Gasteiger partial charge in [0.1, 0.15) is 15.9 Å². The monoisotopic (exact) mass is 262 g/mol. The number of rotatable bonds is 1. The number of aromatic hydroxyl groups is 1. The SMILES string of the molecule is O=S(=O)([O-])c1ccc2ccccc2c1O.[K+]. The minimum atomic E-state index is -4.62. The summed E-state index contributed by atoms with van der Waals surface area (Å²) < 4.78 is 32.3. The third-order valence-electron chi connectivity index (χ3n) is 2.13. The molecule has 0 atom stereocenters. The van der Waals surface area contributed by atoms with Gasteiger partial charge in [0.15, 0.2) is 0 Å². The zero-order valence-electron chi connectivity index (χ0n) is 8.54. The van der Waals surface area contributed by atoms with Gasteiger partial charge in [-0.2, -0.15) is 0 Å². The van der Waals surface area contributed by atoms with Crippen LogP contribution < -0.4 is 51.4 Å². The van der Waals surface area contributed by atoms with Crippen molar-refractivity contribution in [3.8, 4) is 5.75 Å². The third kappa shape index (κ3) is 2.65. The minimum absolute atomic E-state index is 0. The molecule has 0 unspecified atom stereocenters. The molecule has 0 heterocycles. The summed E-state index contributed by atoms with van der Waals surface area (Å²) in [6, 6.07) is 9.28. The van der Waals surface area contributed by atoms with E-state index in [1.165, 1.54) is 6.07 Å². The zero-order chi connectivity index (χ0) is 11.1. The van der Waals surface area contributed by atoms with E-state index in [0.29, 0.717) is 10.8 Å². The van der Waals surface area contributed by atoms with Crippen LogP contribution in [-0.4, -0.2) is 18.1 Å². The summed E-state index contributed by atoms with van der Waals surface area (Å²) in [4.78, 5) is -0.582. The summed E-state index contributed by atoms with van der Waals surface area (Å²) in [7, 11) is -4.62. The summed E-state index contributed by atoms with van der Waals surface area (Å²) in [6.45, 7) is 0. The second-order valence-corrected chi connectivity index (χ2v) is 4.44. The van der Waals surface area contributed by atoms with Crippen LogP contribution in [0.1, 0.15) is 0 Å². The van der Waals surface area contributed by atoms with Crippen molar-refractivity contribution in [2.45, 2.75) is 4.90 Å². The molecule has 78 valence electrons. The molecular weight excluding hydrogens is 255 g/mol. The van der Waals surface area contributed by atoms with Crippen LogP contribution in [-0.2, 0) is 10.1 Å². The second kappa shape index (κ2) is 5.13. The molecule has 6 heteroatoms. The largest absolute Gasteiger partial charge is 1.00 e. The van der Waals surface area contributed by atoms with Gasteiger partial charge in [-0.1, -0.05) is 30.3 Å². The van der Waals surface area contributed by atoms with E-state index in [0.717, 1.165) is 6.07 Å². The van der Waals surface area contributed by atoms with Crippen molar-refractivity contribution in [2.24, 2.45) is 0 Å². The van der Waals surface area contributed by atoms with Crippen molar-refractivity contribution < 1.29 is 69.5 Å². The molecular formula is C10H7KO4S. The van der Waals surface area contributed by atoms with Gasteiger partial charge in [-0.05, 0) is 11.5 Å². The van der Waals surface area contributed by atoms with Crippen LogP contribution in [0.4, 0.5) is 0 Å². The van der Waals surface area contributed by atoms with Crippen LogP contribution >= 0.6 is 0 Å². The topological polar surface area (TPSA) is 77.4 Å². The summed E-state index contributed by atoms with van der Waals surface area (Å²) >= 11 is 0. The molecule has 1 N–H and O–H groups in total. The average Bonchev–Trinajstić information content (AvgIpc) is 2.16. The number of benzene rings is 2. The number of phenols is 1. The number of hydrogen-bond acceptors (Lipinski definition) is 4. The number of fused-ring (bicyclic) bond motifs is 1. The molecule has 0 saturated carbocycles. The molecule has 0 amide bonds. The second-order valence-electron chi connectivity index (χ2n) is 3.09. The van der Waals surface area contributed by atoms with Gasteiger partial charge in [-0.15, -0.1) is 0 Å². The summed E-state index contributed by atoms with van der Waals surface area (Å²) in [5.41, 5.74) is 0. The molecule has 0 aliphatic rings. The number of phenolic OH excluding ortho intramolecular Hbond substituents is 1. The van der Waals surface area contributed by atoms with Crippen molar-refractivity contribution in [3.63, 3.8) is 0 Å². The van der Waals surface area contributed by atoms with Crippen LogP contribution in [0.15, 0.2) is 41.3 Å². The van der Waals surface area contributed by atoms with Gasteiger partial charge in [0.2, 0.25) is 0 Å². The van der Waals surface area contributed by atoms with Gasteiger partial charge in [-0.3, -0.25) is 0 Å². The normalized spacial score (nSPS) is 11.1. The van der Waals surface area contributed by atoms with E-state index in [9.17, 15) is 18.1 Å². The summed E-state index contributed by atoms with van der Waals surface area (Å²) in [6.07, 6.45) is 0. The number of hydrogen-bond donors (Lipinski definition) is 1. The minimum Gasteiger partial charge on any atom is -0.744 e. The van der Waals surface area contributed by atoms with Crippen molar-refractivity contribution in [1.29, 1.82) is 0 Å². The molecule has 0 bridgehead atoms. The van der Waals surface area contributed by atoms with Crippen molar-refractivity contribution in [1.82, 2.24) is 0 Å². The average molecular weight is 262 g/mol. The molecule has 0 fully saturated rings. The van der Waals surface area contributed by atoms with Crippen LogP contribution in [0, 0.1) is 0 Å². The Labute approximate surface area is 135 Å². The Morgan fingerprint density at radius 3 is 2.31 bits per heavy atom. The van der Waals surface area contributed by atoms with Gasteiger partial charge in [-0.25, -0.2) is 8.42 Å². The first-order valence-corrected chi connectivity index (χ1v) is 5.57. The molecule has 2 aromatic rings. The summed E-state index contributed by atoms with van der Waals surface area (Å²) in [5.74, 6) is -0.483. The predicted octanol–water partition coefficient (Wildman–Crippen LogP) is -1.55. The van der Waals surface area contributed by atoms with Crippen molar-refractivity contribution >= 4 is 20.9 Å². The first-order chi connectivity index (χ1) is 7.00. The molecule has 16 heavy (non-hydrogen) atoms. The maximum absolute atomic E-state index is 10.8. The maximum Gasteiger partial charge on any atom is 1.00 e. The smallest absolute Gasteiger partial charge is 0.744 e. The fraction of sp³-hybridized carbons (Fsp3) is 0. The molecule has 2 aromatic carbocycles. The van der Waals surface area contributed by atoms with Gasteiger partial charge < -0.3 is 9.66 Å². The van der Waals surface area contributed by atoms with Crippen LogP contribution in [0.5, 0.6) is 5.75 Å². The van der Waals surface area contributed by atoms with Crippen LogP contribution in [0.3, 0.4) is 0 Å². The summed E-state index contributed by atoms with van der Waals surface area (Å²) in [5, 5.41) is 10.6. The Morgan fingerprint density at radius 1 is 1.06 bits per heavy atom. The van der Waals surface area contributed by atoms with Gasteiger partial charge in [0.25, 0.3) is 0 Å². The zero-order valence-corrected chi connectivity index (χ0v) is 12.5. The molecule has 0 aliphatic carbocycles. The molecule has 0 radical (unpaired) electrons. The van der Waals surface area contributed by atoms with Crippen LogP contribution in [0.25, 0.3) is 10.8 Å². The Hall–Kier alpha value is 0.0464. The molecule has 0 aliphatic heterocycles. The maximum atomic E-state index is 10.8. The first kappa shape index (κ1) is 14.1. The fourth-order valence-corrected chi connectivity index (χ4v) is 2.02. The Kier molecular flexibility index (Phi) is 4.53. The van der Waals surface area contributed by atoms with E-state index >= 15 is 0 Å². The van der Waals surface area contributed by atoms with E-state index in [-0.39, 0.29) is 51.4 Å². The van der Waals surface area contributed by atoms with E-state index in [2.05, 4.69) is 0 Å². The van der Waals surface area contributed by atoms with Gasteiger partial charge in [0.05, 0.1) is 4.90 Å². The fourth-order valence-electron chi connectivity index (χ4n) is 1.44. The van der Waals surface area contributed by atoms with Crippen molar-refractivity contribution in [2.75, 3.05) is 0 Å². The quantitative estimate of drug-likeness (QED) is 0.499. The van der Waals surface area contributed by atoms with E-state index in [1.807, 2.05) is 0 Å². The molecule has 0 spiro atoms. The van der Waals surface area contributed by atoms with Gasteiger partial charge >= 0.3 is 51.4 Å². The molecule has 0 saturated heterocycles. The van der Waals surface area contributed by atoms with E-state index in [1.54, 1.807) is 24.3 Å². The first-order valence-electron chi connectivity index (χ1n) is 4.17. The van der Waals surface area contributed by atoms with E-state index in [4.69, 9.17) is 0 Å².